The van der Waals surface area contributed by atoms with Gasteiger partial charge in [0.25, 0.3) is 0 Å². The Balaban J connectivity index is 0.00000128. The van der Waals surface area contributed by atoms with Crippen LogP contribution < -0.4 is 11.5 Å². The van der Waals surface area contributed by atoms with E-state index in [2.05, 4.69) is 25.9 Å². The van der Waals surface area contributed by atoms with Crippen LogP contribution in [-0.2, 0) is 0 Å². The summed E-state index contributed by atoms with van der Waals surface area (Å²) in [6.45, 7) is 0. The molecule has 0 radical (unpaired) electrons. The van der Waals surface area contributed by atoms with Gasteiger partial charge >= 0.3 is 0 Å². The quantitative estimate of drug-likeness (QED) is 0.627. The van der Waals surface area contributed by atoms with Crippen molar-refractivity contribution in [2.45, 2.75) is 0 Å². The first-order chi connectivity index (χ1) is 7.18. The summed E-state index contributed by atoms with van der Waals surface area (Å²) in [7, 11) is 0. The fourth-order valence-corrected chi connectivity index (χ4v) is 1.86. The molecule has 0 saturated heterocycles. The van der Waals surface area contributed by atoms with Crippen molar-refractivity contribution in [1.29, 1.82) is 0 Å². The zero-order valence-electron chi connectivity index (χ0n) is 8.22. The highest BCUT2D eigenvalue weighted by Crippen LogP contribution is 2.28. The number of pyridine rings is 1. The number of hydrogen-bond acceptors (Lipinski definition) is 2. The summed E-state index contributed by atoms with van der Waals surface area (Å²) in [5, 5.41) is 1.95. The lowest BCUT2D eigenvalue weighted by Gasteiger charge is -2.02. The van der Waals surface area contributed by atoms with Crippen LogP contribution in [0.25, 0.3) is 10.8 Å². The first-order valence-corrected chi connectivity index (χ1v) is 5.10. The van der Waals surface area contributed by atoms with Gasteiger partial charge < -0.3 is 11.5 Å². The highest BCUT2D eigenvalue weighted by atomic mass is 79.9. The molecule has 0 atom stereocenters. The Morgan fingerprint density at radius 2 is 1.94 bits per heavy atom. The maximum atomic E-state index is 5.33. The zero-order valence-corrected chi connectivity index (χ0v) is 10.6. The molecule has 1 heterocycles. The second-order valence-corrected chi connectivity index (χ2v) is 3.86. The number of rotatable bonds is 1. The fourth-order valence-electron chi connectivity index (χ4n) is 1.36. The highest BCUT2D eigenvalue weighted by molar-refractivity contribution is 9.10. The van der Waals surface area contributed by atoms with Crippen molar-refractivity contribution >= 4 is 50.9 Å². The van der Waals surface area contributed by atoms with Crippen molar-refractivity contribution in [3.05, 3.63) is 34.9 Å². The molecular weight excluding hydrogens is 291 g/mol. The van der Waals surface area contributed by atoms with E-state index in [4.69, 9.17) is 11.5 Å². The van der Waals surface area contributed by atoms with E-state index < -0.39 is 0 Å². The molecule has 0 aliphatic carbocycles. The maximum absolute atomic E-state index is 5.33. The Morgan fingerprint density at radius 1 is 1.19 bits per heavy atom. The van der Waals surface area contributed by atoms with Crippen molar-refractivity contribution in [2.24, 2.45) is 16.5 Å². The molecule has 0 saturated carbocycles. The van der Waals surface area contributed by atoms with Gasteiger partial charge in [-0.25, -0.2) is 4.98 Å². The monoisotopic (exact) mass is 300 g/mol. The molecule has 0 aliphatic heterocycles. The van der Waals surface area contributed by atoms with Crippen LogP contribution in [0.4, 0.5) is 5.82 Å². The van der Waals surface area contributed by atoms with E-state index in [-0.39, 0.29) is 18.4 Å². The van der Waals surface area contributed by atoms with Gasteiger partial charge in [0.2, 0.25) is 0 Å². The minimum absolute atomic E-state index is 0. The van der Waals surface area contributed by atoms with Gasteiger partial charge in [-0.1, -0.05) is 28.1 Å². The maximum Gasteiger partial charge on any atom is 0.192 e. The third kappa shape index (κ3) is 2.43. The first-order valence-electron chi connectivity index (χ1n) is 4.31. The number of halogens is 2. The lowest BCUT2D eigenvalue weighted by molar-refractivity contribution is 1.28. The SMILES string of the molecule is Cl.NC(N)=Nc1nccc2c(Br)cccc12. The summed E-state index contributed by atoms with van der Waals surface area (Å²) in [5.74, 6) is 0.545. The lowest BCUT2D eigenvalue weighted by Crippen LogP contribution is -2.22. The number of aromatic nitrogens is 1. The molecular formula is C10H10BrClN4. The summed E-state index contributed by atoms with van der Waals surface area (Å²) in [6.07, 6.45) is 1.68. The molecule has 0 spiro atoms. The van der Waals surface area contributed by atoms with E-state index in [1.54, 1.807) is 6.20 Å². The van der Waals surface area contributed by atoms with Gasteiger partial charge in [0, 0.05) is 21.4 Å². The van der Waals surface area contributed by atoms with Crippen molar-refractivity contribution < 1.29 is 0 Å². The second-order valence-electron chi connectivity index (χ2n) is 3.01. The van der Waals surface area contributed by atoms with Gasteiger partial charge in [0.1, 0.15) is 0 Å². The zero-order chi connectivity index (χ0) is 10.8. The van der Waals surface area contributed by atoms with Gasteiger partial charge in [0.05, 0.1) is 0 Å². The van der Waals surface area contributed by atoms with Gasteiger partial charge in [0.15, 0.2) is 11.8 Å². The number of nitrogens with two attached hydrogens (primary N) is 2. The molecule has 0 bridgehead atoms. The molecule has 0 amide bonds. The van der Waals surface area contributed by atoms with Crippen molar-refractivity contribution in [3.8, 4) is 0 Å². The Kier molecular flexibility index (Phi) is 4.09. The largest absolute Gasteiger partial charge is 0.370 e. The van der Waals surface area contributed by atoms with Crippen LogP contribution >= 0.6 is 28.3 Å². The number of nitrogens with zero attached hydrogens (tertiary/aromatic N) is 2. The molecule has 1 aromatic heterocycles. The van der Waals surface area contributed by atoms with Gasteiger partial charge in [-0.15, -0.1) is 12.4 Å². The predicted octanol–water partition coefficient (Wildman–Crippen LogP) is 2.32. The van der Waals surface area contributed by atoms with E-state index in [0.717, 1.165) is 15.2 Å². The number of aliphatic imine (C=N–C) groups is 1. The van der Waals surface area contributed by atoms with Crippen LogP contribution in [0.2, 0.25) is 0 Å². The molecule has 0 unspecified atom stereocenters. The average Bonchev–Trinajstić information content (AvgIpc) is 2.19. The van der Waals surface area contributed by atoms with E-state index in [1.165, 1.54) is 0 Å². The Bertz CT molecular complexity index is 537. The molecule has 0 aliphatic rings. The van der Waals surface area contributed by atoms with E-state index >= 15 is 0 Å². The Labute approximate surface area is 107 Å². The standard InChI is InChI=1S/C10H9BrN4.ClH/c11-8-3-1-2-7-6(8)4-5-14-9(7)15-10(12)13;/h1-5H,(H4,12,13,14,15);1H. The number of benzene rings is 1. The summed E-state index contributed by atoms with van der Waals surface area (Å²) in [4.78, 5) is 8.09. The summed E-state index contributed by atoms with van der Waals surface area (Å²) < 4.78 is 0.995. The Hall–Kier alpha value is -1.33. The van der Waals surface area contributed by atoms with E-state index in [9.17, 15) is 0 Å². The fraction of sp³-hybridized carbons (Fsp3) is 0. The molecule has 0 fully saturated rings. The topological polar surface area (TPSA) is 77.3 Å². The van der Waals surface area contributed by atoms with Gasteiger partial charge in [-0.05, 0) is 12.1 Å². The van der Waals surface area contributed by atoms with Crippen LogP contribution in [0.1, 0.15) is 0 Å². The Morgan fingerprint density at radius 3 is 2.62 bits per heavy atom. The minimum Gasteiger partial charge on any atom is -0.370 e. The molecule has 4 nitrogen and oxygen atoms in total. The van der Waals surface area contributed by atoms with E-state index in [0.29, 0.717) is 5.82 Å². The normalized spacial score (nSPS) is 9.56. The van der Waals surface area contributed by atoms with Crippen LogP contribution in [-0.4, -0.2) is 10.9 Å². The number of guanidine groups is 1. The number of hydrogen-bond donors (Lipinski definition) is 2. The van der Waals surface area contributed by atoms with Crippen LogP contribution in [0, 0.1) is 0 Å². The smallest absolute Gasteiger partial charge is 0.192 e. The number of fused-ring (bicyclic) bond motifs is 1. The average molecular weight is 302 g/mol. The van der Waals surface area contributed by atoms with Crippen LogP contribution in [0.5, 0.6) is 0 Å². The van der Waals surface area contributed by atoms with Gasteiger partial charge in [-0.2, -0.15) is 4.99 Å². The summed E-state index contributed by atoms with van der Waals surface area (Å²) in [5.41, 5.74) is 10.7. The van der Waals surface area contributed by atoms with Crippen molar-refractivity contribution in [2.75, 3.05) is 0 Å². The molecule has 1 aromatic carbocycles. The predicted molar refractivity (Wildman–Crippen MR) is 72.2 cm³/mol. The van der Waals surface area contributed by atoms with Crippen molar-refractivity contribution in [3.63, 3.8) is 0 Å². The third-order valence-corrected chi connectivity index (χ3v) is 2.66. The molecule has 16 heavy (non-hydrogen) atoms. The lowest BCUT2D eigenvalue weighted by atomic mass is 10.2. The van der Waals surface area contributed by atoms with Crippen LogP contribution in [0.3, 0.4) is 0 Å². The minimum atomic E-state index is 0. The van der Waals surface area contributed by atoms with E-state index in [1.807, 2.05) is 24.3 Å². The molecule has 2 aromatic rings. The molecule has 84 valence electrons. The molecule has 6 heteroatoms. The second kappa shape index (κ2) is 5.14. The molecule has 2 rings (SSSR count). The highest BCUT2D eigenvalue weighted by Gasteiger charge is 2.03. The van der Waals surface area contributed by atoms with Gasteiger partial charge in [-0.3, -0.25) is 0 Å². The van der Waals surface area contributed by atoms with Crippen LogP contribution in [0.15, 0.2) is 39.9 Å². The molecule has 4 N–H and O–H groups in total. The third-order valence-electron chi connectivity index (χ3n) is 1.97. The first kappa shape index (κ1) is 12.7. The summed E-state index contributed by atoms with van der Waals surface area (Å²) in [6, 6.07) is 7.71. The summed E-state index contributed by atoms with van der Waals surface area (Å²) >= 11 is 3.46. The van der Waals surface area contributed by atoms with Crippen molar-refractivity contribution in [1.82, 2.24) is 4.98 Å².